The molecule has 1 fully saturated rings. The van der Waals surface area contributed by atoms with Gasteiger partial charge in [-0.05, 0) is 75.9 Å². The molecule has 26 heavy (non-hydrogen) atoms. The molecular weight excluding hydrogens is 346 g/mol. The van der Waals surface area contributed by atoms with Gasteiger partial charge in [0.25, 0.3) is 5.91 Å². The number of rotatable bonds is 6. The van der Waals surface area contributed by atoms with E-state index in [-0.39, 0.29) is 5.91 Å². The van der Waals surface area contributed by atoms with Gasteiger partial charge >= 0.3 is 0 Å². The number of hydrogen-bond donors (Lipinski definition) is 1. The van der Waals surface area contributed by atoms with Gasteiger partial charge in [0.2, 0.25) is 0 Å². The minimum absolute atomic E-state index is 0.0523. The van der Waals surface area contributed by atoms with Gasteiger partial charge in [-0.15, -0.1) is 0 Å². The summed E-state index contributed by atoms with van der Waals surface area (Å²) in [4.78, 5) is 19.6. The summed E-state index contributed by atoms with van der Waals surface area (Å²) in [5.74, 6) is 0.767. The molecule has 2 aromatic rings. The van der Waals surface area contributed by atoms with E-state index in [1.165, 1.54) is 25.9 Å². The van der Waals surface area contributed by atoms with Crippen LogP contribution in [-0.4, -0.2) is 42.0 Å². The van der Waals surface area contributed by atoms with Crippen molar-refractivity contribution >= 4 is 28.4 Å². The van der Waals surface area contributed by atoms with Gasteiger partial charge in [-0.2, -0.15) is 0 Å². The topological polar surface area (TPSA) is 45.2 Å². The molecule has 1 aromatic heterocycles. The van der Waals surface area contributed by atoms with Gasteiger partial charge < -0.3 is 10.2 Å². The molecule has 5 heteroatoms. The predicted octanol–water partition coefficient (Wildman–Crippen LogP) is 4.44. The van der Waals surface area contributed by atoms with Crippen LogP contribution < -0.4 is 5.32 Å². The maximum absolute atomic E-state index is 12.5. The number of fused-ring (bicyclic) bond motifs is 1. The lowest BCUT2D eigenvalue weighted by molar-refractivity contribution is 0.0951. The van der Waals surface area contributed by atoms with Crippen molar-refractivity contribution in [2.24, 2.45) is 5.92 Å². The Balaban J connectivity index is 1.49. The molecule has 0 spiro atoms. The summed E-state index contributed by atoms with van der Waals surface area (Å²) in [5, 5.41) is 4.59. The number of likely N-dealkylation sites (tertiary alicyclic amines) is 1. The van der Waals surface area contributed by atoms with E-state index in [9.17, 15) is 4.79 Å². The molecule has 0 bridgehead atoms. The fraction of sp³-hybridized carbons (Fsp3) is 0.524. The number of hydrogen-bond acceptors (Lipinski definition) is 3. The molecule has 1 aromatic carbocycles. The summed E-state index contributed by atoms with van der Waals surface area (Å²) in [7, 11) is 0. The van der Waals surface area contributed by atoms with Crippen LogP contribution >= 0.6 is 11.6 Å². The first-order valence-electron chi connectivity index (χ1n) is 9.60. The third kappa shape index (κ3) is 4.95. The molecule has 3 rings (SSSR count). The van der Waals surface area contributed by atoms with Crippen molar-refractivity contribution in [3.63, 3.8) is 0 Å². The van der Waals surface area contributed by atoms with Crippen LogP contribution in [0.3, 0.4) is 0 Å². The minimum atomic E-state index is -0.0523. The molecule has 1 N–H and O–H groups in total. The number of amides is 1. The number of piperidine rings is 1. The van der Waals surface area contributed by atoms with E-state index >= 15 is 0 Å². The van der Waals surface area contributed by atoms with Crippen LogP contribution in [0.15, 0.2) is 24.3 Å². The first kappa shape index (κ1) is 19.1. The number of unbranched alkanes of at least 4 members (excludes halogenated alkanes) is 1. The van der Waals surface area contributed by atoms with Crippen LogP contribution in [0.1, 0.15) is 48.7 Å². The summed E-state index contributed by atoms with van der Waals surface area (Å²) in [6.07, 6.45) is 4.80. The standard InChI is InChI=1S/C21H28ClN3O/c1-15-6-5-11-25(14-15)10-4-3-9-23-21(26)19-13-17-12-18(22)7-8-20(17)24-16(19)2/h7-8,12-13,15H,3-6,9-11,14H2,1-2H3,(H,23,26)/t15-/m1/s1. The zero-order valence-corrected chi connectivity index (χ0v) is 16.5. The zero-order chi connectivity index (χ0) is 18.5. The van der Waals surface area contributed by atoms with Crippen LogP contribution in [-0.2, 0) is 0 Å². The number of nitrogens with zero attached hydrogens (tertiary/aromatic N) is 2. The summed E-state index contributed by atoms with van der Waals surface area (Å²) in [5.41, 5.74) is 2.24. The molecule has 140 valence electrons. The molecule has 4 nitrogen and oxygen atoms in total. The Morgan fingerprint density at radius 2 is 2.19 bits per heavy atom. The summed E-state index contributed by atoms with van der Waals surface area (Å²) < 4.78 is 0. The number of nitrogens with one attached hydrogen (secondary N) is 1. The van der Waals surface area contributed by atoms with Gasteiger partial charge in [-0.1, -0.05) is 18.5 Å². The minimum Gasteiger partial charge on any atom is -0.352 e. The Bertz CT molecular complexity index is 777. The number of aryl methyl sites for hydroxylation is 1. The van der Waals surface area contributed by atoms with E-state index in [1.807, 2.05) is 31.2 Å². The van der Waals surface area contributed by atoms with Gasteiger partial charge in [0.05, 0.1) is 16.8 Å². The second-order valence-corrected chi connectivity index (χ2v) is 7.91. The van der Waals surface area contributed by atoms with Gasteiger partial charge in [0, 0.05) is 23.5 Å². The van der Waals surface area contributed by atoms with Crippen molar-refractivity contribution < 1.29 is 4.79 Å². The number of carbonyl (C=O) groups is 1. The molecule has 1 saturated heterocycles. The number of carbonyl (C=O) groups excluding carboxylic acids is 1. The van der Waals surface area contributed by atoms with Crippen molar-refractivity contribution in [2.75, 3.05) is 26.2 Å². The van der Waals surface area contributed by atoms with E-state index in [1.54, 1.807) is 0 Å². The third-order valence-corrected chi connectivity index (χ3v) is 5.37. The molecule has 1 aliphatic heterocycles. The molecule has 2 heterocycles. The van der Waals surface area contributed by atoms with E-state index in [0.717, 1.165) is 41.9 Å². The lowest BCUT2D eigenvalue weighted by Crippen LogP contribution is -2.35. The predicted molar refractivity (Wildman–Crippen MR) is 108 cm³/mol. The van der Waals surface area contributed by atoms with Crippen LogP contribution in [0.25, 0.3) is 10.9 Å². The van der Waals surface area contributed by atoms with E-state index in [0.29, 0.717) is 17.1 Å². The number of benzene rings is 1. The van der Waals surface area contributed by atoms with Crippen molar-refractivity contribution in [3.05, 3.63) is 40.5 Å². The Labute approximate surface area is 160 Å². The Morgan fingerprint density at radius 1 is 1.35 bits per heavy atom. The van der Waals surface area contributed by atoms with Crippen molar-refractivity contribution in [1.82, 2.24) is 15.2 Å². The maximum Gasteiger partial charge on any atom is 0.253 e. The number of pyridine rings is 1. The van der Waals surface area contributed by atoms with E-state index in [2.05, 4.69) is 22.1 Å². The Morgan fingerprint density at radius 3 is 3.00 bits per heavy atom. The molecule has 0 saturated carbocycles. The molecule has 0 unspecified atom stereocenters. The number of aromatic nitrogens is 1. The smallest absolute Gasteiger partial charge is 0.253 e. The summed E-state index contributed by atoms with van der Waals surface area (Å²) >= 11 is 6.05. The second kappa shape index (κ2) is 8.83. The van der Waals surface area contributed by atoms with Crippen LogP contribution in [0.4, 0.5) is 0 Å². The second-order valence-electron chi connectivity index (χ2n) is 7.47. The number of halogens is 1. The largest absolute Gasteiger partial charge is 0.352 e. The lowest BCUT2D eigenvalue weighted by Gasteiger charge is -2.30. The quantitative estimate of drug-likeness (QED) is 0.761. The lowest BCUT2D eigenvalue weighted by atomic mass is 10.0. The zero-order valence-electron chi connectivity index (χ0n) is 15.7. The maximum atomic E-state index is 12.5. The molecule has 1 aliphatic rings. The SMILES string of the molecule is Cc1nc2ccc(Cl)cc2cc1C(=O)NCCCCN1CCC[C@@H](C)C1. The average Bonchev–Trinajstić information content (AvgIpc) is 2.61. The monoisotopic (exact) mass is 373 g/mol. The van der Waals surface area contributed by atoms with Crippen molar-refractivity contribution in [1.29, 1.82) is 0 Å². The van der Waals surface area contributed by atoms with Gasteiger partial charge in [-0.25, -0.2) is 0 Å². The van der Waals surface area contributed by atoms with Crippen LogP contribution in [0.2, 0.25) is 5.02 Å². The molecule has 0 aliphatic carbocycles. The highest BCUT2D eigenvalue weighted by Crippen LogP contribution is 2.21. The van der Waals surface area contributed by atoms with Crippen LogP contribution in [0, 0.1) is 12.8 Å². The van der Waals surface area contributed by atoms with E-state index in [4.69, 9.17) is 11.6 Å². The first-order valence-corrected chi connectivity index (χ1v) is 9.98. The average molecular weight is 374 g/mol. The van der Waals surface area contributed by atoms with Gasteiger partial charge in [0.15, 0.2) is 0 Å². The van der Waals surface area contributed by atoms with Gasteiger partial charge in [0.1, 0.15) is 0 Å². The highest BCUT2D eigenvalue weighted by atomic mass is 35.5. The molecule has 1 amide bonds. The molecule has 0 radical (unpaired) electrons. The fourth-order valence-corrected chi connectivity index (χ4v) is 3.90. The highest BCUT2D eigenvalue weighted by Gasteiger charge is 2.15. The molecular formula is C21H28ClN3O. The fourth-order valence-electron chi connectivity index (χ4n) is 3.72. The van der Waals surface area contributed by atoms with E-state index < -0.39 is 0 Å². The highest BCUT2D eigenvalue weighted by molar-refractivity contribution is 6.31. The van der Waals surface area contributed by atoms with Crippen LogP contribution in [0.5, 0.6) is 0 Å². The third-order valence-electron chi connectivity index (χ3n) is 5.14. The Hall–Kier alpha value is -1.65. The van der Waals surface area contributed by atoms with Crippen molar-refractivity contribution in [3.8, 4) is 0 Å². The van der Waals surface area contributed by atoms with Gasteiger partial charge in [-0.3, -0.25) is 9.78 Å². The first-order chi connectivity index (χ1) is 12.5. The Kier molecular flexibility index (Phi) is 6.49. The molecule has 1 atom stereocenters. The summed E-state index contributed by atoms with van der Waals surface area (Å²) in [6, 6.07) is 7.43. The summed E-state index contributed by atoms with van der Waals surface area (Å²) in [6.45, 7) is 8.49. The van der Waals surface area contributed by atoms with Crippen molar-refractivity contribution in [2.45, 2.75) is 39.5 Å². The normalized spacial score (nSPS) is 18.2.